The molecule has 200 valence electrons. The number of nitrogens with zero attached hydrogens (tertiary/aromatic N) is 5. The van der Waals surface area contributed by atoms with Gasteiger partial charge in [0.15, 0.2) is 15.3 Å². The molecule has 1 unspecified atom stereocenters. The number of thioether (sulfide) groups is 1. The maximum Gasteiger partial charge on any atom is 0.236 e. The first-order valence-electron chi connectivity index (χ1n) is 11.6. The number of carbonyl (C=O) groups excluding carboxylic acids is 2. The van der Waals surface area contributed by atoms with Gasteiger partial charge in [-0.2, -0.15) is 5.26 Å². The van der Waals surface area contributed by atoms with Gasteiger partial charge in [-0.25, -0.2) is 9.37 Å². The van der Waals surface area contributed by atoms with Crippen molar-refractivity contribution < 1.29 is 14.0 Å². The lowest BCUT2D eigenvalue weighted by Gasteiger charge is -2.42. The van der Waals surface area contributed by atoms with Crippen LogP contribution in [0.2, 0.25) is 0 Å². The molecule has 0 bridgehead atoms. The van der Waals surface area contributed by atoms with Gasteiger partial charge in [0.2, 0.25) is 11.0 Å². The number of thiazole rings is 1. The average Bonchev–Trinajstić information content (AvgIpc) is 3.54. The molecule has 0 saturated carbocycles. The van der Waals surface area contributed by atoms with Crippen molar-refractivity contribution in [3.63, 3.8) is 0 Å². The summed E-state index contributed by atoms with van der Waals surface area (Å²) in [5.41, 5.74) is 7.39. The monoisotopic (exact) mass is 645 g/mol. The van der Waals surface area contributed by atoms with Crippen LogP contribution in [0.1, 0.15) is 38.2 Å². The first kappa shape index (κ1) is 27.4. The predicted octanol–water partition coefficient (Wildman–Crippen LogP) is 5.57. The number of benzene rings is 1. The number of aromatic nitrogens is 3. The number of ketones is 1. The lowest BCUT2D eigenvalue weighted by atomic mass is 9.68. The summed E-state index contributed by atoms with van der Waals surface area (Å²) in [7, 11) is 0. The Morgan fingerprint density at radius 2 is 2.18 bits per heavy atom. The fourth-order valence-corrected chi connectivity index (χ4v) is 7.25. The first-order valence-corrected chi connectivity index (χ1v) is 15.1. The Bertz CT molecular complexity index is 1580. The van der Waals surface area contributed by atoms with Gasteiger partial charge in [-0.05, 0) is 24.0 Å². The molecular formula is C25H21BrFN7O2S3. The zero-order valence-corrected chi connectivity index (χ0v) is 24.7. The largest absolute Gasteiger partial charge is 0.384 e. The van der Waals surface area contributed by atoms with Crippen molar-refractivity contribution in [2.75, 3.05) is 16.0 Å². The van der Waals surface area contributed by atoms with Gasteiger partial charge in [0.05, 0.1) is 23.3 Å². The van der Waals surface area contributed by atoms with Gasteiger partial charge in [0.25, 0.3) is 0 Å². The third-order valence-electron chi connectivity index (χ3n) is 6.25. The third-order valence-corrected chi connectivity index (χ3v) is 9.47. The molecule has 0 fully saturated rings. The van der Waals surface area contributed by atoms with Gasteiger partial charge in [0, 0.05) is 39.3 Å². The lowest BCUT2D eigenvalue weighted by Crippen LogP contribution is -2.42. The minimum absolute atomic E-state index is 0.0651. The Labute approximate surface area is 244 Å². The Morgan fingerprint density at radius 1 is 1.38 bits per heavy atom. The van der Waals surface area contributed by atoms with E-state index in [0.717, 1.165) is 0 Å². The molecule has 5 rings (SSSR count). The van der Waals surface area contributed by atoms with Gasteiger partial charge < -0.3 is 11.1 Å². The van der Waals surface area contributed by atoms with Crippen LogP contribution in [0.15, 0.2) is 61.3 Å². The number of rotatable bonds is 6. The molecule has 0 saturated heterocycles. The standard InChI is InChI=1S/C25H21BrFN7O2S3/c1-25(2)8-16-20(17(35)9-25)19(13-4-3-12(26)7-15(13)27)14(10-28)21(29)34(16)23-32-33-24(39-23)38-11-18(36)31-22-30-5-6-37-22/h3-7,19H,8-9,11,29H2,1-2H3,(H,30,31,36). The number of allylic oxidation sites excluding steroid dienone is 3. The first-order chi connectivity index (χ1) is 18.6. The molecule has 3 aromatic rings. The number of nitriles is 1. The highest BCUT2D eigenvalue weighted by molar-refractivity contribution is 9.10. The fourth-order valence-electron chi connectivity index (χ4n) is 4.69. The van der Waals surface area contributed by atoms with E-state index in [9.17, 15) is 14.9 Å². The molecule has 2 aromatic heterocycles. The number of nitrogens with two attached hydrogens (primary N) is 1. The minimum atomic E-state index is -0.936. The molecule has 9 nitrogen and oxygen atoms in total. The minimum Gasteiger partial charge on any atom is -0.384 e. The van der Waals surface area contributed by atoms with E-state index >= 15 is 4.39 Å². The molecule has 39 heavy (non-hydrogen) atoms. The highest BCUT2D eigenvalue weighted by Gasteiger charge is 2.46. The van der Waals surface area contributed by atoms with E-state index in [-0.39, 0.29) is 40.8 Å². The zero-order chi connectivity index (χ0) is 27.9. The second-order valence-corrected chi connectivity index (χ2v) is 13.7. The van der Waals surface area contributed by atoms with Crippen molar-refractivity contribution in [1.29, 1.82) is 5.26 Å². The van der Waals surface area contributed by atoms with Crippen LogP contribution >= 0.6 is 50.4 Å². The number of carbonyl (C=O) groups is 2. The zero-order valence-electron chi connectivity index (χ0n) is 20.7. The van der Waals surface area contributed by atoms with Crippen molar-refractivity contribution in [3.05, 3.63) is 68.3 Å². The Balaban J connectivity index is 1.52. The summed E-state index contributed by atoms with van der Waals surface area (Å²) in [6, 6.07) is 6.68. The van der Waals surface area contributed by atoms with Gasteiger partial charge in [0.1, 0.15) is 11.6 Å². The second kappa shape index (κ2) is 10.8. The SMILES string of the molecule is CC1(C)CC(=O)C2=C(C1)N(c1nnc(SCC(=O)Nc3nccs3)s1)C(N)=C(C#N)C2c1ccc(Br)cc1F. The molecule has 3 heterocycles. The smallest absolute Gasteiger partial charge is 0.236 e. The van der Waals surface area contributed by atoms with Crippen LogP contribution < -0.4 is 16.0 Å². The molecule has 14 heteroatoms. The highest BCUT2D eigenvalue weighted by atomic mass is 79.9. The van der Waals surface area contributed by atoms with Gasteiger partial charge in [-0.15, -0.1) is 21.5 Å². The summed E-state index contributed by atoms with van der Waals surface area (Å²) in [5, 5.41) is 24.0. The van der Waals surface area contributed by atoms with Crippen LogP contribution in [0.3, 0.4) is 0 Å². The van der Waals surface area contributed by atoms with Crippen LogP contribution in [0.4, 0.5) is 14.7 Å². The van der Waals surface area contributed by atoms with Gasteiger partial charge >= 0.3 is 0 Å². The maximum atomic E-state index is 15.2. The van der Waals surface area contributed by atoms with E-state index in [4.69, 9.17) is 5.73 Å². The van der Waals surface area contributed by atoms with E-state index in [2.05, 4.69) is 42.5 Å². The van der Waals surface area contributed by atoms with Crippen molar-refractivity contribution in [2.45, 2.75) is 36.9 Å². The van der Waals surface area contributed by atoms with Crippen LogP contribution in [0, 0.1) is 22.6 Å². The number of nitrogens with one attached hydrogen (secondary N) is 1. The number of halogens is 2. The van der Waals surface area contributed by atoms with Crippen LogP contribution in [-0.4, -0.2) is 32.6 Å². The molecule has 0 spiro atoms. The normalized spacial score (nSPS) is 18.7. The Kier molecular flexibility index (Phi) is 7.60. The van der Waals surface area contributed by atoms with Crippen LogP contribution in [-0.2, 0) is 9.59 Å². The summed E-state index contributed by atoms with van der Waals surface area (Å²) in [6.07, 6.45) is 2.31. The molecule has 1 amide bonds. The number of anilines is 2. The molecule has 0 radical (unpaired) electrons. The fraction of sp³-hybridized carbons (Fsp3) is 0.280. The number of hydrogen-bond acceptors (Lipinski definition) is 11. The van der Waals surface area contributed by atoms with Gasteiger partial charge in [-0.1, -0.05) is 58.9 Å². The molecule has 2 aliphatic rings. The van der Waals surface area contributed by atoms with Crippen LogP contribution in [0.25, 0.3) is 0 Å². The Hall–Kier alpha value is -3.12. The molecule has 1 aliphatic carbocycles. The third kappa shape index (κ3) is 5.49. The van der Waals surface area contributed by atoms with E-state index in [1.165, 1.54) is 40.5 Å². The lowest BCUT2D eigenvalue weighted by molar-refractivity contribution is -0.118. The summed E-state index contributed by atoms with van der Waals surface area (Å²) < 4.78 is 16.2. The van der Waals surface area contributed by atoms with Crippen molar-refractivity contribution >= 4 is 72.3 Å². The average molecular weight is 647 g/mol. The van der Waals surface area contributed by atoms with Crippen molar-refractivity contribution in [1.82, 2.24) is 15.2 Å². The molecule has 1 aromatic carbocycles. The van der Waals surface area contributed by atoms with Crippen molar-refractivity contribution in [2.24, 2.45) is 11.1 Å². The van der Waals surface area contributed by atoms with E-state index < -0.39 is 17.2 Å². The predicted molar refractivity (Wildman–Crippen MR) is 153 cm³/mol. The number of amides is 1. The van der Waals surface area contributed by atoms with E-state index in [0.29, 0.717) is 36.8 Å². The maximum absolute atomic E-state index is 15.2. The van der Waals surface area contributed by atoms with Gasteiger partial charge in [-0.3, -0.25) is 14.5 Å². The molecule has 1 atom stereocenters. The van der Waals surface area contributed by atoms with Crippen molar-refractivity contribution in [3.8, 4) is 6.07 Å². The topological polar surface area (TPSA) is 138 Å². The number of Topliss-reactive ketones (excluding diaryl/α,β-unsaturated/α-hetero) is 1. The Morgan fingerprint density at radius 3 is 2.87 bits per heavy atom. The molecule has 3 N–H and O–H groups in total. The van der Waals surface area contributed by atoms with E-state index in [1.54, 1.807) is 28.6 Å². The summed E-state index contributed by atoms with van der Waals surface area (Å²) in [4.78, 5) is 31.5. The van der Waals surface area contributed by atoms with E-state index in [1.807, 2.05) is 13.8 Å². The summed E-state index contributed by atoms with van der Waals surface area (Å²) in [6.45, 7) is 3.95. The summed E-state index contributed by atoms with van der Waals surface area (Å²) in [5.74, 6) is -1.72. The molecule has 1 aliphatic heterocycles. The van der Waals surface area contributed by atoms with Crippen LogP contribution in [0.5, 0.6) is 0 Å². The summed E-state index contributed by atoms with van der Waals surface area (Å²) >= 11 is 6.97. The quantitative estimate of drug-likeness (QED) is 0.330. The number of hydrogen-bond donors (Lipinski definition) is 2. The second-order valence-electron chi connectivity index (χ2n) is 9.67. The molecular weight excluding hydrogens is 625 g/mol. The highest BCUT2D eigenvalue weighted by Crippen LogP contribution is 2.51.